The van der Waals surface area contributed by atoms with E-state index in [2.05, 4.69) is 15.5 Å². The molecule has 28 heavy (non-hydrogen) atoms. The predicted octanol–water partition coefficient (Wildman–Crippen LogP) is 2.97. The van der Waals surface area contributed by atoms with Gasteiger partial charge in [-0.05, 0) is 44.0 Å². The molecule has 3 heterocycles. The number of amides is 2. The van der Waals surface area contributed by atoms with Gasteiger partial charge in [0.05, 0.1) is 13.0 Å². The number of ether oxygens (including phenoxy) is 1. The Morgan fingerprint density at radius 2 is 2.11 bits per heavy atom. The van der Waals surface area contributed by atoms with Crippen molar-refractivity contribution in [2.45, 2.75) is 30.8 Å². The molecule has 3 aliphatic rings. The van der Waals surface area contributed by atoms with Crippen LogP contribution in [0.1, 0.15) is 24.8 Å². The van der Waals surface area contributed by atoms with E-state index in [4.69, 9.17) is 4.74 Å². The van der Waals surface area contributed by atoms with Crippen molar-refractivity contribution in [2.24, 2.45) is 5.92 Å². The van der Waals surface area contributed by atoms with Gasteiger partial charge in [-0.2, -0.15) is 0 Å². The van der Waals surface area contributed by atoms with E-state index in [1.165, 1.54) is 0 Å². The van der Waals surface area contributed by atoms with Crippen molar-refractivity contribution in [3.63, 3.8) is 0 Å². The molecule has 0 radical (unpaired) electrons. The van der Waals surface area contributed by atoms with Crippen LogP contribution >= 0.6 is 0 Å². The first-order chi connectivity index (χ1) is 13.6. The molecule has 0 bridgehead atoms. The first-order valence-electron chi connectivity index (χ1n) is 9.77. The molecule has 2 saturated heterocycles. The molecule has 6 nitrogen and oxygen atoms in total. The third-order valence-electron chi connectivity index (χ3n) is 6.43. The first-order valence-corrected chi connectivity index (χ1v) is 9.77. The largest absolute Gasteiger partial charge is 0.497 e. The quantitative estimate of drug-likeness (QED) is 0.863. The number of hydrogen-bond donors (Lipinski definition) is 2. The van der Waals surface area contributed by atoms with Crippen molar-refractivity contribution in [3.05, 3.63) is 54.1 Å². The second-order valence-corrected chi connectivity index (χ2v) is 7.77. The summed E-state index contributed by atoms with van der Waals surface area (Å²) in [5.74, 6) is 0.0505. The number of nitrogens with zero attached hydrogens (tertiary/aromatic N) is 1. The van der Waals surface area contributed by atoms with Crippen LogP contribution in [0.5, 0.6) is 5.75 Å². The highest BCUT2D eigenvalue weighted by atomic mass is 16.5. The number of hydrogen-bond acceptors (Lipinski definition) is 4. The van der Waals surface area contributed by atoms with Gasteiger partial charge in [-0.15, -0.1) is 0 Å². The summed E-state index contributed by atoms with van der Waals surface area (Å²) < 4.78 is 5.26. The Morgan fingerprint density at radius 1 is 1.25 bits per heavy atom. The van der Waals surface area contributed by atoms with E-state index in [-0.39, 0.29) is 17.9 Å². The minimum absolute atomic E-state index is 0.0797. The fourth-order valence-corrected chi connectivity index (χ4v) is 5.31. The molecule has 3 atom stereocenters. The molecular weight excluding hydrogens is 354 g/mol. The summed E-state index contributed by atoms with van der Waals surface area (Å²) in [5.41, 5.74) is 1.51. The molecule has 3 unspecified atom stereocenters. The van der Waals surface area contributed by atoms with E-state index < -0.39 is 11.5 Å². The average molecular weight is 377 g/mol. The number of fused-ring (bicyclic) bond motifs is 4. The van der Waals surface area contributed by atoms with E-state index in [9.17, 15) is 9.59 Å². The Morgan fingerprint density at radius 3 is 2.96 bits per heavy atom. The van der Waals surface area contributed by atoms with Crippen molar-refractivity contribution in [3.8, 4) is 5.75 Å². The number of nitrogens with one attached hydrogen (secondary N) is 2. The number of para-hydroxylation sites is 1. The summed E-state index contributed by atoms with van der Waals surface area (Å²) in [7, 11) is 1.60. The van der Waals surface area contributed by atoms with E-state index >= 15 is 0 Å². The SMILES string of the molecule is COc1cccc(NC(=O)C2CC3CCCN3C23C(=O)Nc2ccccc23)c1. The van der Waals surface area contributed by atoms with Gasteiger partial charge in [0.1, 0.15) is 11.3 Å². The number of anilines is 2. The number of methoxy groups -OCH3 is 1. The topological polar surface area (TPSA) is 70.7 Å². The molecule has 2 N–H and O–H groups in total. The Bertz CT molecular complexity index is 960. The van der Waals surface area contributed by atoms with Crippen molar-refractivity contribution in [2.75, 3.05) is 24.3 Å². The highest BCUT2D eigenvalue weighted by molar-refractivity contribution is 6.10. The van der Waals surface area contributed by atoms with E-state index in [1.54, 1.807) is 13.2 Å². The second kappa shape index (κ2) is 6.34. The fourth-order valence-electron chi connectivity index (χ4n) is 5.31. The molecule has 1 spiro atoms. The van der Waals surface area contributed by atoms with Crippen LogP contribution in [-0.2, 0) is 15.1 Å². The van der Waals surface area contributed by atoms with Gasteiger partial charge in [-0.3, -0.25) is 14.5 Å². The van der Waals surface area contributed by atoms with Gasteiger partial charge in [0, 0.05) is 29.0 Å². The van der Waals surface area contributed by atoms with Gasteiger partial charge < -0.3 is 15.4 Å². The summed E-state index contributed by atoms with van der Waals surface area (Å²) in [4.78, 5) is 29.0. The second-order valence-electron chi connectivity index (χ2n) is 7.77. The van der Waals surface area contributed by atoms with Gasteiger partial charge in [-0.1, -0.05) is 24.3 Å². The van der Waals surface area contributed by atoms with Gasteiger partial charge in [0.25, 0.3) is 0 Å². The van der Waals surface area contributed by atoms with Gasteiger partial charge >= 0.3 is 0 Å². The van der Waals surface area contributed by atoms with Gasteiger partial charge in [0.15, 0.2) is 0 Å². The maximum absolute atomic E-state index is 13.4. The lowest BCUT2D eigenvalue weighted by Gasteiger charge is -2.36. The number of carbonyl (C=O) groups is 2. The highest BCUT2D eigenvalue weighted by Crippen LogP contribution is 2.55. The molecule has 0 aromatic heterocycles. The number of benzene rings is 2. The summed E-state index contributed by atoms with van der Waals surface area (Å²) in [6, 6.07) is 15.3. The Labute approximate surface area is 163 Å². The van der Waals surface area contributed by atoms with Gasteiger partial charge in [-0.25, -0.2) is 0 Å². The molecule has 2 fully saturated rings. The molecule has 0 aliphatic carbocycles. The van der Waals surface area contributed by atoms with Crippen LogP contribution in [0.2, 0.25) is 0 Å². The maximum atomic E-state index is 13.4. The zero-order valence-electron chi connectivity index (χ0n) is 15.8. The van der Waals surface area contributed by atoms with Crippen LogP contribution in [0.15, 0.2) is 48.5 Å². The van der Waals surface area contributed by atoms with Crippen LogP contribution in [0.4, 0.5) is 11.4 Å². The lowest BCUT2D eigenvalue weighted by atomic mass is 9.78. The summed E-state index contributed by atoms with van der Waals surface area (Å²) in [6.45, 7) is 0.843. The van der Waals surface area contributed by atoms with E-state index in [0.717, 1.165) is 30.6 Å². The fraction of sp³-hybridized carbons (Fsp3) is 0.364. The average Bonchev–Trinajstić information content (AvgIpc) is 3.36. The van der Waals surface area contributed by atoms with Crippen LogP contribution in [-0.4, -0.2) is 36.4 Å². The summed E-state index contributed by atoms with van der Waals surface area (Å²) in [6.07, 6.45) is 2.78. The monoisotopic (exact) mass is 377 g/mol. The molecule has 0 saturated carbocycles. The Balaban J connectivity index is 1.55. The smallest absolute Gasteiger partial charge is 0.250 e. The molecule has 6 heteroatoms. The predicted molar refractivity (Wildman–Crippen MR) is 106 cm³/mol. The van der Waals surface area contributed by atoms with Crippen LogP contribution in [0.3, 0.4) is 0 Å². The lowest BCUT2D eigenvalue weighted by Crippen LogP contribution is -2.53. The van der Waals surface area contributed by atoms with Crippen LogP contribution < -0.4 is 15.4 Å². The number of carbonyl (C=O) groups excluding carboxylic acids is 2. The molecule has 5 rings (SSSR count). The van der Waals surface area contributed by atoms with Crippen molar-refractivity contribution >= 4 is 23.2 Å². The lowest BCUT2D eigenvalue weighted by molar-refractivity contribution is -0.135. The van der Waals surface area contributed by atoms with Crippen LogP contribution in [0, 0.1) is 5.92 Å². The normalized spacial score (nSPS) is 28.1. The zero-order valence-corrected chi connectivity index (χ0v) is 15.8. The first kappa shape index (κ1) is 17.3. The summed E-state index contributed by atoms with van der Waals surface area (Å²) in [5, 5.41) is 6.05. The Kier molecular flexibility index (Phi) is 3.91. The van der Waals surface area contributed by atoms with Gasteiger partial charge in [0.2, 0.25) is 11.8 Å². The highest BCUT2D eigenvalue weighted by Gasteiger charge is 2.65. The van der Waals surface area contributed by atoms with Crippen molar-refractivity contribution in [1.82, 2.24) is 4.90 Å². The molecule has 2 amide bonds. The minimum Gasteiger partial charge on any atom is -0.497 e. The third-order valence-corrected chi connectivity index (χ3v) is 6.43. The van der Waals surface area contributed by atoms with E-state index in [0.29, 0.717) is 17.9 Å². The summed E-state index contributed by atoms with van der Waals surface area (Å²) >= 11 is 0. The molecule has 2 aromatic carbocycles. The molecule has 3 aliphatic heterocycles. The minimum atomic E-state index is -0.916. The maximum Gasteiger partial charge on any atom is 0.250 e. The molecule has 144 valence electrons. The van der Waals surface area contributed by atoms with E-state index in [1.807, 2.05) is 42.5 Å². The van der Waals surface area contributed by atoms with Crippen molar-refractivity contribution in [1.29, 1.82) is 0 Å². The molecule has 2 aromatic rings. The third kappa shape index (κ3) is 2.31. The standard InChI is InChI=1S/C22H23N3O3/c1-28-16-8-4-6-14(12-16)23-20(26)18-13-15-7-5-11-25(15)22(18)17-9-2-3-10-19(17)24-21(22)27/h2-4,6,8-10,12,15,18H,5,7,11,13H2,1H3,(H,23,26)(H,24,27). The number of rotatable bonds is 3. The zero-order chi connectivity index (χ0) is 19.3. The van der Waals surface area contributed by atoms with Crippen molar-refractivity contribution < 1.29 is 14.3 Å². The molecular formula is C22H23N3O3. The van der Waals surface area contributed by atoms with Crippen LogP contribution in [0.25, 0.3) is 0 Å². The Hall–Kier alpha value is -2.86.